The van der Waals surface area contributed by atoms with E-state index in [1.807, 2.05) is 36.4 Å². The number of carboxylic acids is 1. The zero-order chi connectivity index (χ0) is 21.3. The highest BCUT2D eigenvalue weighted by atomic mass is 16.5. The monoisotopic (exact) mass is 398 g/mol. The molecule has 0 heterocycles. The summed E-state index contributed by atoms with van der Waals surface area (Å²) in [6.07, 6.45) is 3.17. The maximum atomic E-state index is 12.6. The molecule has 3 aromatic carbocycles. The SMILES string of the molecule is CC1(C)CC=C(c2ccccc2)c2cc(OC(=O)c3ccc(C(=O)O)cc3)ccc21. The van der Waals surface area contributed by atoms with Crippen LogP contribution in [-0.4, -0.2) is 17.0 Å². The molecule has 0 aliphatic heterocycles. The van der Waals surface area contributed by atoms with Gasteiger partial charge >= 0.3 is 11.9 Å². The van der Waals surface area contributed by atoms with Crippen molar-refractivity contribution < 1.29 is 19.4 Å². The fourth-order valence-electron chi connectivity index (χ4n) is 3.78. The molecule has 0 saturated heterocycles. The van der Waals surface area contributed by atoms with Crippen molar-refractivity contribution in [2.75, 3.05) is 0 Å². The van der Waals surface area contributed by atoms with E-state index in [0.717, 1.165) is 23.1 Å². The zero-order valence-electron chi connectivity index (χ0n) is 16.9. The Labute approximate surface area is 175 Å². The largest absolute Gasteiger partial charge is 0.478 e. The van der Waals surface area contributed by atoms with Gasteiger partial charge in [0.05, 0.1) is 11.1 Å². The summed E-state index contributed by atoms with van der Waals surface area (Å²) in [5.74, 6) is -1.10. The molecule has 0 fully saturated rings. The van der Waals surface area contributed by atoms with Gasteiger partial charge in [-0.3, -0.25) is 0 Å². The van der Waals surface area contributed by atoms with E-state index in [0.29, 0.717) is 11.3 Å². The lowest BCUT2D eigenvalue weighted by Crippen LogP contribution is -2.22. The van der Waals surface area contributed by atoms with Gasteiger partial charge in [0.15, 0.2) is 0 Å². The lowest BCUT2D eigenvalue weighted by molar-refractivity contribution is 0.0691. The number of allylic oxidation sites excluding steroid dienone is 1. The third-order valence-corrected chi connectivity index (χ3v) is 5.49. The minimum atomic E-state index is -1.03. The van der Waals surface area contributed by atoms with Gasteiger partial charge in [-0.05, 0) is 70.5 Å². The second-order valence-electron chi connectivity index (χ2n) is 8.05. The number of hydrogen-bond donors (Lipinski definition) is 1. The Hall–Kier alpha value is -3.66. The Bertz CT molecular complexity index is 1140. The highest BCUT2D eigenvalue weighted by molar-refractivity contribution is 5.94. The second kappa shape index (κ2) is 7.64. The number of aromatic carboxylic acids is 1. The van der Waals surface area contributed by atoms with E-state index in [2.05, 4.69) is 32.1 Å². The number of carbonyl (C=O) groups is 2. The van der Waals surface area contributed by atoms with Gasteiger partial charge in [0.2, 0.25) is 0 Å². The van der Waals surface area contributed by atoms with Gasteiger partial charge in [-0.25, -0.2) is 9.59 Å². The van der Waals surface area contributed by atoms with Crippen LogP contribution in [0, 0.1) is 0 Å². The first-order valence-corrected chi connectivity index (χ1v) is 9.81. The molecular formula is C26H22O4. The summed E-state index contributed by atoms with van der Waals surface area (Å²) in [7, 11) is 0. The average Bonchev–Trinajstić information content (AvgIpc) is 2.74. The number of carbonyl (C=O) groups excluding carboxylic acids is 1. The predicted octanol–water partition coefficient (Wildman–Crippen LogP) is 5.72. The van der Waals surface area contributed by atoms with Gasteiger partial charge in [0.1, 0.15) is 5.75 Å². The molecule has 4 rings (SSSR count). The number of rotatable bonds is 4. The van der Waals surface area contributed by atoms with Crippen LogP contribution in [0.3, 0.4) is 0 Å². The second-order valence-corrected chi connectivity index (χ2v) is 8.05. The molecule has 1 aliphatic carbocycles. The van der Waals surface area contributed by atoms with Gasteiger partial charge in [0.25, 0.3) is 0 Å². The van der Waals surface area contributed by atoms with Crippen LogP contribution in [0.5, 0.6) is 5.75 Å². The summed E-state index contributed by atoms with van der Waals surface area (Å²) in [6, 6.07) is 21.7. The number of benzene rings is 3. The normalized spacial score (nSPS) is 14.4. The van der Waals surface area contributed by atoms with Crippen molar-refractivity contribution in [1.82, 2.24) is 0 Å². The number of carboxylic acid groups (broad SMARTS) is 1. The molecular weight excluding hydrogens is 376 g/mol. The molecule has 0 radical (unpaired) electrons. The van der Waals surface area contributed by atoms with Crippen LogP contribution in [-0.2, 0) is 5.41 Å². The Balaban J connectivity index is 1.66. The molecule has 150 valence electrons. The van der Waals surface area contributed by atoms with Crippen molar-refractivity contribution >= 4 is 17.5 Å². The Morgan fingerprint density at radius 2 is 1.57 bits per heavy atom. The first-order valence-electron chi connectivity index (χ1n) is 9.81. The first kappa shape index (κ1) is 19.6. The predicted molar refractivity (Wildman–Crippen MR) is 116 cm³/mol. The minimum Gasteiger partial charge on any atom is -0.478 e. The highest BCUT2D eigenvalue weighted by Crippen LogP contribution is 2.42. The van der Waals surface area contributed by atoms with E-state index in [4.69, 9.17) is 9.84 Å². The lowest BCUT2D eigenvalue weighted by Gasteiger charge is -2.32. The van der Waals surface area contributed by atoms with E-state index in [1.54, 1.807) is 0 Å². The van der Waals surface area contributed by atoms with E-state index in [-0.39, 0.29) is 11.0 Å². The van der Waals surface area contributed by atoms with Gasteiger partial charge in [-0.2, -0.15) is 0 Å². The van der Waals surface area contributed by atoms with E-state index in [9.17, 15) is 9.59 Å². The molecule has 0 aromatic heterocycles. The average molecular weight is 398 g/mol. The number of ether oxygens (including phenoxy) is 1. The molecule has 0 spiro atoms. The molecule has 0 unspecified atom stereocenters. The van der Waals surface area contributed by atoms with Gasteiger partial charge < -0.3 is 9.84 Å². The molecule has 30 heavy (non-hydrogen) atoms. The van der Waals surface area contributed by atoms with Crippen LogP contribution in [0.2, 0.25) is 0 Å². The maximum absolute atomic E-state index is 12.6. The van der Waals surface area contributed by atoms with E-state index < -0.39 is 11.9 Å². The van der Waals surface area contributed by atoms with Crippen LogP contribution in [0.1, 0.15) is 57.7 Å². The van der Waals surface area contributed by atoms with Crippen LogP contribution in [0.15, 0.2) is 78.9 Å². The summed E-state index contributed by atoms with van der Waals surface area (Å²) < 4.78 is 5.61. The molecule has 0 atom stereocenters. The highest BCUT2D eigenvalue weighted by Gasteiger charge is 2.29. The molecule has 3 aromatic rings. The van der Waals surface area contributed by atoms with E-state index in [1.165, 1.54) is 29.8 Å². The topological polar surface area (TPSA) is 63.6 Å². The molecule has 1 aliphatic rings. The quantitative estimate of drug-likeness (QED) is 0.451. The minimum absolute atomic E-state index is 0.0111. The van der Waals surface area contributed by atoms with Crippen molar-refractivity contribution in [3.63, 3.8) is 0 Å². The van der Waals surface area contributed by atoms with Crippen LogP contribution < -0.4 is 4.74 Å². The third-order valence-electron chi connectivity index (χ3n) is 5.49. The summed E-state index contributed by atoms with van der Waals surface area (Å²) in [5.41, 5.74) is 4.95. The Kier molecular flexibility index (Phi) is 5.00. The smallest absolute Gasteiger partial charge is 0.343 e. The molecule has 0 amide bonds. The Morgan fingerprint density at radius 1 is 0.900 bits per heavy atom. The lowest BCUT2D eigenvalue weighted by atomic mass is 9.72. The number of hydrogen-bond acceptors (Lipinski definition) is 3. The van der Waals surface area contributed by atoms with Crippen LogP contribution >= 0.6 is 0 Å². The zero-order valence-corrected chi connectivity index (χ0v) is 16.9. The molecule has 0 bridgehead atoms. The summed E-state index contributed by atoms with van der Waals surface area (Å²) in [6.45, 7) is 4.42. The molecule has 1 N–H and O–H groups in total. The van der Waals surface area contributed by atoms with Crippen LogP contribution in [0.25, 0.3) is 5.57 Å². The van der Waals surface area contributed by atoms with Crippen molar-refractivity contribution in [3.8, 4) is 5.75 Å². The Morgan fingerprint density at radius 3 is 2.23 bits per heavy atom. The van der Waals surface area contributed by atoms with Gasteiger partial charge in [0, 0.05) is 0 Å². The van der Waals surface area contributed by atoms with Crippen molar-refractivity contribution in [2.24, 2.45) is 0 Å². The fourth-order valence-corrected chi connectivity index (χ4v) is 3.78. The van der Waals surface area contributed by atoms with Gasteiger partial charge in [-0.1, -0.05) is 56.3 Å². The number of esters is 1. The number of fused-ring (bicyclic) bond motifs is 1. The molecule has 4 heteroatoms. The molecule has 0 saturated carbocycles. The first-order chi connectivity index (χ1) is 14.3. The summed E-state index contributed by atoms with van der Waals surface area (Å²) in [5, 5.41) is 9.00. The van der Waals surface area contributed by atoms with E-state index >= 15 is 0 Å². The molecule has 4 nitrogen and oxygen atoms in total. The third kappa shape index (κ3) is 3.77. The van der Waals surface area contributed by atoms with Crippen molar-refractivity contribution in [3.05, 3.63) is 107 Å². The van der Waals surface area contributed by atoms with Crippen LogP contribution in [0.4, 0.5) is 0 Å². The maximum Gasteiger partial charge on any atom is 0.343 e. The fraction of sp³-hybridized carbons (Fsp3) is 0.154. The van der Waals surface area contributed by atoms with Crippen molar-refractivity contribution in [2.45, 2.75) is 25.7 Å². The summed E-state index contributed by atoms with van der Waals surface area (Å²) in [4.78, 5) is 23.5. The van der Waals surface area contributed by atoms with Gasteiger partial charge in [-0.15, -0.1) is 0 Å². The standard InChI is InChI=1S/C26H22O4/c1-26(2)15-14-21(17-6-4-3-5-7-17)22-16-20(12-13-23(22)26)30-25(29)19-10-8-18(9-11-19)24(27)28/h3-14,16H,15H2,1-2H3,(H,27,28). The van der Waals surface area contributed by atoms with Crippen molar-refractivity contribution in [1.29, 1.82) is 0 Å². The summed E-state index contributed by atoms with van der Waals surface area (Å²) >= 11 is 0.